The van der Waals surface area contributed by atoms with Gasteiger partial charge in [0.2, 0.25) is 0 Å². The SMILES string of the molecule is CC1[C@H](O[C@@H]2CO[C@@H](OCCN=[N+]=[N-])C(O)[C@H]2O)OC[C@@H](O)[C@@H]1O[C@H]1OC[C@@H](O)[C@H](O)C1O. The summed E-state index contributed by atoms with van der Waals surface area (Å²) in [5.74, 6) is -0.629. The summed E-state index contributed by atoms with van der Waals surface area (Å²) < 4.78 is 32.9. The Kier molecular flexibility index (Phi) is 9.61. The molecule has 190 valence electrons. The van der Waals surface area contributed by atoms with E-state index in [0.717, 1.165) is 0 Å². The van der Waals surface area contributed by atoms with Gasteiger partial charge < -0.3 is 59.1 Å². The lowest BCUT2D eigenvalue weighted by atomic mass is 9.95. The Hall–Kier alpha value is -1.17. The first-order valence-electron chi connectivity index (χ1n) is 10.6. The van der Waals surface area contributed by atoms with Crippen molar-refractivity contribution in [1.82, 2.24) is 0 Å². The summed E-state index contributed by atoms with van der Waals surface area (Å²) in [6, 6.07) is 0. The Bertz CT molecular complexity index is 670. The van der Waals surface area contributed by atoms with Gasteiger partial charge in [-0.2, -0.15) is 0 Å². The van der Waals surface area contributed by atoms with Gasteiger partial charge in [0.15, 0.2) is 18.9 Å². The highest BCUT2D eigenvalue weighted by Gasteiger charge is 2.47. The summed E-state index contributed by atoms with van der Waals surface area (Å²) in [4.78, 5) is 2.58. The van der Waals surface area contributed by atoms with Crippen LogP contribution in [0, 0.1) is 5.92 Å². The third-order valence-electron chi connectivity index (χ3n) is 5.78. The van der Waals surface area contributed by atoms with Crippen molar-refractivity contribution >= 4 is 0 Å². The van der Waals surface area contributed by atoms with E-state index in [1.54, 1.807) is 6.92 Å². The van der Waals surface area contributed by atoms with Crippen molar-refractivity contribution in [2.75, 3.05) is 33.0 Å². The van der Waals surface area contributed by atoms with E-state index < -0.39 is 73.6 Å². The minimum absolute atomic E-state index is 0.00940. The molecule has 0 amide bonds. The lowest BCUT2D eigenvalue weighted by molar-refractivity contribution is -0.343. The molecule has 0 bridgehead atoms. The van der Waals surface area contributed by atoms with Crippen LogP contribution < -0.4 is 0 Å². The molecule has 15 heteroatoms. The molecule has 0 aromatic rings. The average Bonchev–Trinajstić information content (AvgIpc) is 2.80. The van der Waals surface area contributed by atoms with E-state index in [1.165, 1.54) is 0 Å². The first-order chi connectivity index (χ1) is 15.7. The van der Waals surface area contributed by atoms with Crippen LogP contribution in [-0.2, 0) is 28.4 Å². The van der Waals surface area contributed by atoms with Gasteiger partial charge in [-0.25, -0.2) is 0 Å². The van der Waals surface area contributed by atoms with Crippen molar-refractivity contribution in [2.45, 2.75) is 74.6 Å². The Morgan fingerprint density at radius 3 is 2.18 bits per heavy atom. The summed E-state index contributed by atoms with van der Waals surface area (Å²) in [7, 11) is 0. The molecule has 3 aliphatic heterocycles. The molecule has 0 radical (unpaired) electrons. The van der Waals surface area contributed by atoms with Crippen molar-refractivity contribution in [3.8, 4) is 0 Å². The predicted molar refractivity (Wildman–Crippen MR) is 104 cm³/mol. The number of aliphatic hydroxyl groups excluding tert-OH is 6. The molecule has 0 aliphatic carbocycles. The maximum Gasteiger partial charge on any atom is 0.186 e. The minimum Gasteiger partial charge on any atom is -0.388 e. The zero-order valence-corrected chi connectivity index (χ0v) is 17.9. The van der Waals surface area contributed by atoms with E-state index in [0.29, 0.717) is 0 Å². The fourth-order valence-electron chi connectivity index (χ4n) is 3.84. The van der Waals surface area contributed by atoms with E-state index in [9.17, 15) is 30.6 Å². The number of nitrogens with zero attached hydrogens (tertiary/aromatic N) is 3. The molecule has 3 saturated heterocycles. The highest BCUT2D eigenvalue weighted by molar-refractivity contribution is 4.89. The molecule has 3 heterocycles. The van der Waals surface area contributed by atoms with Crippen molar-refractivity contribution in [3.63, 3.8) is 0 Å². The Morgan fingerprint density at radius 2 is 1.45 bits per heavy atom. The number of hydrogen-bond donors (Lipinski definition) is 6. The monoisotopic (exact) mass is 481 g/mol. The molecule has 0 aromatic carbocycles. The van der Waals surface area contributed by atoms with Crippen LogP contribution in [0.3, 0.4) is 0 Å². The predicted octanol–water partition coefficient (Wildman–Crippen LogP) is -3.05. The van der Waals surface area contributed by atoms with Crippen LogP contribution in [0.15, 0.2) is 5.11 Å². The minimum atomic E-state index is -1.53. The third-order valence-corrected chi connectivity index (χ3v) is 5.78. The topological polar surface area (TPSA) is 226 Å². The van der Waals surface area contributed by atoms with Gasteiger partial charge in [0, 0.05) is 17.4 Å². The molecule has 3 unspecified atom stereocenters. The van der Waals surface area contributed by atoms with Crippen molar-refractivity contribution < 1.29 is 59.1 Å². The van der Waals surface area contributed by atoms with E-state index in [4.69, 9.17) is 34.0 Å². The molecule has 3 rings (SSSR count). The first-order valence-corrected chi connectivity index (χ1v) is 10.6. The largest absolute Gasteiger partial charge is 0.388 e. The molecular formula is C18H31N3O12. The van der Waals surface area contributed by atoms with Crippen molar-refractivity contribution in [1.29, 1.82) is 0 Å². The van der Waals surface area contributed by atoms with Gasteiger partial charge in [-0.15, -0.1) is 0 Å². The first kappa shape index (κ1) is 26.4. The zero-order chi connectivity index (χ0) is 24.1. The Labute approximate surface area is 189 Å². The number of aliphatic hydroxyl groups is 6. The summed E-state index contributed by atoms with van der Waals surface area (Å²) in [5.41, 5.74) is 8.26. The van der Waals surface area contributed by atoms with Crippen LogP contribution in [0.1, 0.15) is 6.92 Å². The van der Waals surface area contributed by atoms with Crippen LogP contribution in [0.2, 0.25) is 0 Å². The number of azide groups is 1. The van der Waals surface area contributed by atoms with Gasteiger partial charge in [0.25, 0.3) is 0 Å². The zero-order valence-electron chi connectivity index (χ0n) is 17.9. The van der Waals surface area contributed by atoms with Gasteiger partial charge in [0.05, 0.1) is 32.5 Å². The Balaban J connectivity index is 1.55. The molecule has 0 aromatic heterocycles. The molecule has 6 N–H and O–H groups in total. The summed E-state index contributed by atoms with van der Waals surface area (Å²) >= 11 is 0. The quantitative estimate of drug-likeness (QED) is 0.0880. The van der Waals surface area contributed by atoms with Crippen LogP contribution in [0.25, 0.3) is 10.4 Å². The Morgan fingerprint density at radius 1 is 0.818 bits per heavy atom. The maximum absolute atomic E-state index is 10.4. The van der Waals surface area contributed by atoms with Gasteiger partial charge in [-0.05, 0) is 5.53 Å². The fourth-order valence-corrected chi connectivity index (χ4v) is 3.84. The second-order valence-electron chi connectivity index (χ2n) is 8.16. The van der Waals surface area contributed by atoms with Crippen molar-refractivity contribution in [2.24, 2.45) is 11.0 Å². The third kappa shape index (κ3) is 6.29. The molecule has 0 spiro atoms. The number of ether oxygens (including phenoxy) is 6. The molecule has 3 aliphatic rings. The summed E-state index contributed by atoms with van der Waals surface area (Å²) in [6.07, 6.45) is -13.5. The smallest absolute Gasteiger partial charge is 0.186 e. The molecule has 15 nitrogen and oxygen atoms in total. The lowest BCUT2D eigenvalue weighted by Crippen LogP contribution is -2.60. The van der Waals surface area contributed by atoms with Crippen molar-refractivity contribution in [3.05, 3.63) is 10.4 Å². The second kappa shape index (κ2) is 12.0. The molecule has 0 saturated carbocycles. The second-order valence-corrected chi connectivity index (χ2v) is 8.16. The molecule has 12 atom stereocenters. The number of rotatable bonds is 8. The van der Waals surface area contributed by atoms with Crippen LogP contribution in [-0.4, -0.2) is 131 Å². The molecule has 3 fully saturated rings. The van der Waals surface area contributed by atoms with Gasteiger partial charge in [-0.1, -0.05) is 12.0 Å². The van der Waals surface area contributed by atoms with E-state index in [2.05, 4.69) is 10.0 Å². The lowest BCUT2D eigenvalue weighted by Gasteiger charge is -2.45. The van der Waals surface area contributed by atoms with E-state index in [-0.39, 0.29) is 33.0 Å². The summed E-state index contributed by atoms with van der Waals surface area (Å²) in [5, 5.41) is 63.8. The fraction of sp³-hybridized carbons (Fsp3) is 1.00. The van der Waals surface area contributed by atoms with E-state index >= 15 is 0 Å². The van der Waals surface area contributed by atoms with Crippen LogP contribution in [0.4, 0.5) is 0 Å². The number of hydrogen-bond acceptors (Lipinski definition) is 13. The van der Waals surface area contributed by atoms with Gasteiger partial charge >= 0.3 is 0 Å². The highest BCUT2D eigenvalue weighted by atomic mass is 16.7. The van der Waals surface area contributed by atoms with Crippen LogP contribution in [0.5, 0.6) is 0 Å². The van der Waals surface area contributed by atoms with Gasteiger partial charge in [-0.3, -0.25) is 0 Å². The normalized spacial score (nSPS) is 46.5. The standard InChI is InChI=1S/C18H31N3O12/c1-7-15(33-18-13(26)11(24)8(22)4-30-18)9(23)5-29-16(7)32-10-6-31-17(14(27)12(10)25)28-3-2-20-21-19/h7-18,22-27H,2-6H2,1H3/t7?,8-,9-,10-,11+,12+,13?,14?,15-,16+,17-,18-/m1/s1. The highest BCUT2D eigenvalue weighted by Crippen LogP contribution is 2.31. The van der Waals surface area contributed by atoms with Gasteiger partial charge in [0.1, 0.15) is 42.7 Å². The van der Waals surface area contributed by atoms with E-state index in [1.807, 2.05) is 0 Å². The maximum atomic E-state index is 10.4. The van der Waals surface area contributed by atoms with Crippen LogP contribution >= 0.6 is 0 Å². The summed E-state index contributed by atoms with van der Waals surface area (Å²) in [6.45, 7) is 1.08. The molecular weight excluding hydrogens is 450 g/mol. The average molecular weight is 481 g/mol. The molecule has 33 heavy (non-hydrogen) atoms.